The molecule has 8 heteroatoms. The first-order chi connectivity index (χ1) is 15.4. The highest BCUT2D eigenvalue weighted by Gasteiger charge is 2.34. The second-order valence-electron chi connectivity index (χ2n) is 8.52. The van der Waals surface area contributed by atoms with Crippen LogP contribution >= 0.6 is 11.6 Å². The van der Waals surface area contributed by atoms with Crippen LogP contribution in [0.1, 0.15) is 41.1 Å². The summed E-state index contributed by atoms with van der Waals surface area (Å²) in [5.74, 6) is 1.01. The van der Waals surface area contributed by atoms with Crippen LogP contribution in [0.3, 0.4) is 0 Å². The Morgan fingerprint density at radius 1 is 1.12 bits per heavy atom. The summed E-state index contributed by atoms with van der Waals surface area (Å²) in [4.78, 5) is 2.44. The van der Waals surface area contributed by atoms with Crippen molar-refractivity contribution in [2.24, 2.45) is 0 Å². The number of nitrogens with zero attached hydrogens (tertiary/aromatic N) is 3. The standard InChI is InChI=1S/C24H24ClF3N4/c25-20-9-8-18(24(26,27)28)13-21(20)32-23-19(10-11-29-23)22(30-32)17-7-4-12-31(15-17)14-16-5-2-1-3-6-16/h1-3,5-6,8-9,13,17,29H,4,7,10-12,14-15H2. The van der Waals surface area contributed by atoms with Crippen molar-refractivity contribution in [1.29, 1.82) is 0 Å². The first-order valence-electron chi connectivity index (χ1n) is 10.9. The quantitative estimate of drug-likeness (QED) is 0.527. The molecule has 3 heterocycles. The Labute approximate surface area is 190 Å². The van der Waals surface area contributed by atoms with Crippen molar-refractivity contribution in [3.05, 3.63) is 75.9 Å². The van der Waals surface area contributed by atoms with E-state index in [1.165, 1.54) is 11.6 Å². The Morgan fingerprint density at radius 3 is 2.72 bits per heavy atom. The molecule has 2 aliphatic rings. The van der Waals surface area contributed by atoms with E-state index in [-0.39, 0.29) is 16.6 Å². The highest BCUT2D eigenvalue weighted by atomic mass is 35.5. The van der Waals surface area contributed by atoms with Crippen LogP contribution in [0.25, 0.3) is 5.69 Å². The molecule has 2 aliphatic heterocycles. The predicted octanol–water partition coefficient (Wildman–Crippen LogP) is 5.89. The maximum Gasteiger partial charge on any atom is 0.416 e. The maximum atomic E-state index is 13.3. The molecule has 3 aromatic rings. The normalized spacial score (nSPS) is 19.1. The predicted molar refractivity (Wildman–Crippen MR) is 119 cm³/mol. The topological polar surface area (TPSA) is 33.1 Å². The number of piperidine rings is 1. The SMILES string of the molecule is FC(F)(F)c1ccc(Cl)c(-n2nc(C3CCCN(Cc4ccccc4)C3)c3c2NCC3)c1. The molecule has 2 aromatic carbocycles. The summed E-state index contributed by atoms with van der Waals surface area (Å²) in [6.07, 6.45) is -1.54. The minimum atomic E-state index is -4.44. The number of alkyl halides is 3. The van der Waals surface area contributed by atoms with Gasteiger partial charge in [0.2, 0.25) is 0 Å². The van der Waals surface area contributed by atoms with E-state index < -0.39 is 11.7 Å². The molecule has 1 fully saturated rings. The summed E-state index contributed by atoms with van der Waals surface area (Å²) in [6, 6.07) is 13.8. The van der Waals surface area contributed by atoms with Gasteiger partial charge in [-0.2, -0.15) is 18.3 Å². The Kier molecular flexibility index (Phi) is 5.63. The van der Waals surface area contributed by atoms with Crippen LogP contribution in [0.4, 0.5) is 19.0 Å². The lowest BCUT2D eigenvalue weighted by atomic mass is 9.91. The number of likely N-dealkylation sites (tertiary alicyclic amines) is 1. The van der Waals surface area contributed by atoms with E-state index in [4.69, 9.17) is 16.7 Å². The van der Waals surface area contributed by atoms with Crippen molar-refractivity contribution in [1.82, 2.24) is 14.7 Å². The van der Waals surface area contributed by atoms with Crippen LogP contribution in [0.15, 0.2) is 48.5 Å². The fourth-order valence-electron chi connectivity index (χ4n) is 4.82. The van der Waals surface area contributed by atoms with E-state index in [2.05, 4.69) is 34.5 Å². The molecule has 0 radical (unpaired) electrons. The Hall–Kier alpha value is -2.51. The first kappa shape index (κ1) is 21.3. The van der Waals surface area contributed by atoms with Crippen molar-refractivity contribution in [3.63, 3.8) is 0 Å². The molecule has 4 nitrogen and oxygen atoms in total. The van der Waals surface area contributed by atoms with Gasteiger partial charge in [-0.1, -0.05) is 41.9 Å². The lowest BCUT2D eigenvalue weighted by Crippen LogP contribution is -2.34. The van der Waals surface area contributed by atoms with Crippen molar-refractivity contribution < 1.29 is 13.2 Å². The maximum absolute atomic E-state index is 13.3. The number of rotatable bonds is 4. The molecule has 1 atom stereocenters. The summed E-state index contributed by atoms with van der Waals surface area (Å²) in [7, 11) is 0. The summed E-state index contributed by atoms with van der Waals surface area (Å²) >= 11 is 6.33. The second kappa shape index (κ2) is 8.45. The Bertz CT molecular complexity index is 1110. The smallest absolute Gasteiger partial charge is 0.369 e. The van der Waals surface area contributed by atoms with E-state index in [0.717, 1.165) is 74.6 Å². The highest BCUT2D eigenvalue weighted by molar-refractivity contribution is 6.32. The van der Waals surface area contributed by atoms with Crippen LogP contribution in [0, 0.1) is 0 Å². The third kappa shape index (κ3) is 4.11. The minimum Gasteiger partial charge on any atom is -0.369 e. The number of benzene rings is 2. The summed E-state index contributed by atoms with van der Waals surface area (Å²) in [5, 5.41) is 8.39. The van der Waals surface area contributed by atoms with E-state index in [9.17, 15) is 13.2 Å². The number of fused-ring (bicyclic) bond motifs is 1. The van der Waals surface area contributed by atoms with Crippen LogP contribution in [0.2, 0.25) is 5.02 Å². The number of anilines is 1. The number of nitrogens with one attached hydrogen (secondary N) is 1. The molecule has 1 aromatic heterocycles. The molecule has 0 amide bonds. The minimum absolute atomic E-state index is 0.243. The van der Waals surface area contributed by atoms with E-state index in [0.29, 0.717) is 0 Å². The van der Waals surface area contributed by atoms with Crippen LogP contribution in [-0.4, -0.2) is 34.3 Å². The second-order valence-corrected chi connectivity index (χ2v) is 8.93. The van der Waals surface area contributed by atoms with Gasteiger partial charge in [-0.25, -0.2) is 4.68 Å². The van der Waals surface area contributed by atoms with Gasteiger partial charge in [0, 0.05) is 31.1 Å². The van der Waals surface area contributed by atoms with Gasteiger partial charge in [-0.05, 0) is 49.6 Å². The highest BCUT2D eigenvalue weighted by Crippen LogP contribution is 2.39. The largest absolute Gasteiger partial charge is 0.416 e. The van der Waals surface area contributed by atoms with Gasteiger partial charge in [-0.3, -0.25) is 4.90 Å². The van der Waals surface area contributed by atoms with Crippen molar-refractivity contribution in [3.8, 4) is 5.69 Å². The van der Waals surface area contributed by atoms with E-state index >= 15 is 0 Å². The van der Waals surface area contributed by atoms with Gasteiger partial charge in [0.15, 0.2) is 0 Å². The molecular weight excluding hydrogens is 437 g/mol. The van der Waals surface area contributed by atoms with Gasteiger partial charge < -0.3 is 5.32 Å². The Morgan fingerprint density at radius 2 is 1.94 bits per heavy atom. The number of aromatic nitrogens is 2. The van der Waals surface area contributed by atoms with Gasteiger partial charge in [0.05, 0.1) is 22.0 Å². The van der Waals surface area contributed by atoms with Crippen LogP contribution in [0.5, 0.6) is 0 Å². The first-order valence-corrected chi connectivity index (χ1v) is 11.3. The van der Waals surface area contributed by atoms with Gasteiger partial charge in [-0.15, -0.1) is 0 Å². The average Bonchev–Trinajstić information content (AvgIpc) is 3.37. The molecule has 5 rings (SSSR count). The van der Waals surface area contributed by atoms with Crippen LogP contribution in [-0.2, 0) is 19.1 Å². The summed E-state index contributed by atoms with van der Waals surface area (Å²) < 4.78 is 41.5. The molecule has 0 bridgehead atoms. The van der Waals surface area contributed by atoms with E-state index in [1.807, 2.05) is 6.07 Å². The van der Waals surface area contributed by atoms with E-state index in [1.54, 1.807) is 4.68 Å². The molecule has 0 aliphatic carbocycles. The zero-order valence-electron chi connectivity index (χ0n) is 17.5. The van der Waals surface area contributed by atoms with Crippen molar-refractivity contribution in [2.75, 3.05) is 25.0 Å². The molecule has 168 valence electrons. The summed E-state index contributed by atoms with van der Waals surface area (Å²) in [5.41, 5.74) is 2.89. The van der Waals surface area contributed by atoms with Gasteiger partial charge in [0.25, 0.3) is 0 Å². The number of hydrogen-bond acceptors (Lipinski definition) is 3. The molecular formula is C24H24ClF3N4. The molecule has 1 unspecified atom stereocenters. The molecule has 0 saturated carbocycles. The van der Waals surface area contributed by atoms with Gasteiger partial charge >= 0.3 is 6.18 Å². The van der Waals surface area contributed by atoms with Crippen LogP contribution < -0.4 is 5.32 Å². The number of hydrogen-bond donors (Lipinski definition) is 1. The zero-order chi connectivity index (χ0) is 22.3. The lowest BCUT2D eigenvalue weighted by Gasteiger charge is -2.32. The fraction of sp³-hybridized carbons (Fsp3) is 0.375. The third-order valence-corrected chi connectivity index (χ3v) is 6.64. The Balaban J connectivity index is 1.46. The molecule has 1 saturated heterocycles. The summed E-state index contributed by atoms with van der Waals surface area (Å²) in [6.45, 7) is 3.55. The molecule has 0 spiro atoms. The monoisotopic (exact) mass is 460 g/mol. The van der Waals surface area contributed by atoms with Crippen molar-refractivity contribution in [2.45, 2.75) is 37.9 Å². The molecule has 32 heavy (non-hydrogen) atoms. The van der Waals surface area contributed by atoms with Gasteiger partial charge in [0.1, 0.15) is 5.82 Å². The third-order valence-electron chi connectivity index (χ3n) is 6.32. The van der Waals surface area contributed by atoms with Crippen molar-refractivity contribution >= 4 is 17.4 Å². The fourth-order valence-corrected chi connectivity index (χ4v) is 5.02. The zero-order valence-corrected chi connectivity index (χ0v) is 18.3. The number of halogens is 4. The average molecular weight is 461 g/mol. The lowest BCUT2D eigenvalue weighted by molar-refractivity contribution is -0.137. The molecule has 1 N–H and O–H groups in total.